The van der Waals surface area contributed by atoms with Gasteiger partial charge in [0.25, 0.3) is 10.0 Å². The Kier molecular flexibility index (Phi) is 4.32. The number of rotatable bonds is 4. The topological polar surface area (TPSA) is 74.7 Å². The molecule has 1 atom stereocenters. The lowest BCUT2D eigenvalue weighted by Crippen LogP contribution is -2.37. The number of nitrogens with zero attached hydrogens (tertiary/aromatic N) is 1. The van der Waals surface area contributed by atoms with Gasteiger partial charge in [-0.2, -0.15) is 0 Å². The monoisotopic (exact) mass is 345 g/mol. The van der Waals surface area contributed by atoms with Crippen molar-refractivity contribution in [2.75, 3.05) is 10.8 Å². The quantitative estimate of drug-likeness (QED) is 0.924. The zero-order valence-electron chi connectivity index (χ0n) is 13.3. The van der Waals surface area contributed by atoms with Crippen molar-refractivity contribution in [2.24, 2.45) is 0 Å². The zero-order chi connectivity index (χ0) is 17.3. The molecule has 1 N–H and O–H groups in total. The molecular weight excluding hydrogens is 326 g/mol. The minimum Gasteiger partial charge on any atom is -0.481 e. The number of hydrogen-bond donors (Lipinski definition) is 1. The van der Waals surface area contributed by atoms with Gasteiger partial charge in [-0.05, 0) is 43.0 Å². The standard InChI is InChI=1S/C18H19NO4S/c1-13-6-8-15(9-7-13)24(22,23)19-11-10-14(12-18(20)21)16-4-2-3-5-17(16)19/h2-9,14H,10-12H2,1H3,(H,20,21)/t14-/m0/s1. The molecule has 1 aliphatic rings. The van der Waals surface area contributed by atoms with Crippen LogP contribution < -0.4 is 4.31 Å². The molecule has 2 aromatic carbocycles. The molecule has 0 fully saturated rings. The van der Waals surface area contributed by atoms with Gasteiger partial charge >= 0.3 is 5.97 Å². The Balaban J connectivity index is 2.03. The normalized spacial score (nSPS) is 17.4. The molecule has 6 heteroatoms. The van der Waals surface area contributed by atoms with Crippen LogP contribution in [0.4, 0.5) is 5.69 Å². The number of aliphatic carboxylic acids is 1. The first kappa shape index (κ1) is 16.5. The Hall–Kier alpha value is -2.34. The molecule has 0 radical (unpaired) electrons. The summed E-state index contributed by atoms with van der Waals surface area (Å²) in [5.41, 5.74) is 2.35. The Bertz CT molecular complexity index is 859. The van der Waals surface area contributed by atoms with Crippen LogP contribution in [0.2, 0.25) is 0 Å². The van der Waals surface area contributed by atoms with Crippen molar-refractivity contribution in [3.8, 4) is 0 Å². The fourth-order valence-corrected chi connectivity index (χ4v) is 4.62. The fraction of sp³-hybridized carbons (Fsp3) is 0.278. The molecule has 0 amide bonds. The predicted octanol–water partition coefficient (Wildman–Crippen LogP) is 3.15. The van der Waals surface area contributed by atoms with Gasteiger partial charge in [0.15, 0.2) is 0 Å². The molecule has 0 aromatic heterocycles. The number of sulfonamides is 1. The van der Waals surface area contributed by atoms with Gasteiger partial charge in [-0.15, -0.1) is 0 Å². The molecule has 0 saturated carbocycles. The molecule has 24 heavy (non-hydrogen) atoms. The van der Waals surface area contributed by atoms with Crippen LogP contribution in [0.25, 0.3) is 0 Å². The summed E-state index contributed by atoms with van der Waals surface area (Å²) in [4.78, 5) is 11.3. The van der Waals surface area contributed by atoms with Crippen LogP contribution in [0.3, 0.4) is 0 Å². The first-order valence-corrected chi connectivity index (χ1v) is 9.24. The Morgan fingerprint density at radius 2 is 1.83 bits per heavy atom. The smallest absolute Gasteiger partial charge is 0.303 e. The second-order valence-electron chi connectivity index (χ2n) is 6.03. The highest BCUT2D eigenvalue weighted by Gasteiger charge is 2.33. The fourth-order valence-electron chi connectivity index (χ4n) is 3.12. The van der Waals surface area contributed by atoms with E-state index >= 15 is 0 Å². The molecule has 0 saturated heterocycles. The number of carboxylic acids is 1. The first-order chi connectivity index (χ1) is 11.4. The van der Waals surface area contributed by atoms with Crippen LogP contribution in [0.1, 0.15) is 29.9 Å². The Labute approximate surface area is 141 Å². The average Bonchev–Trinajstić information content (AvgIpc) is 2.55. The molecule has 126 valence electrons. The number of para-hydroxylation sites is 1. The van der Waals surface area contributed by atoms with Gasteiger partial charge in [-0.25, -0.2) is 8.42 Å². The third kappa shape index (κ3) is 3.01. The van der Waals surface area contributed by atoms with E-state index in [1.807, 2.05) is 19.1 Å². The van der Waals surface area contributed by atoms with E-state index in [9.17, 15) is 13.2 Å². The summed E-state index contributed by atoms with van der Waals surface area (Å²) in [6, 6.07) is 13.9. The van der Waals surface area contributed by atoms with Gasteiger partial charge in [0.05, 0.1) is 17.0 Å². The van der Waals surface area contributed by atoms with Crippen LogP contribution in [0.15, 0.2) is 53.4 Å². The summed E-state index contributed by atoms with van der Waals surface area (Å²) in [7, 11) is -3.66. The first-order valence-electron chi connectivity index (χ1n) is 7.80. The van der Waals surface area contributed by atoms with E-state index in [2.05, 4.69) is 0 Å². The van der Waals surface area contributed by atoms with Crippen molar-refractivity contribution in [3.05, 3.63) is 59.7 Å². The van der Waals surface area contributed by atoms with E-state index in [0.717, 1.165) is 11.1 Å². The van der Waals surface area contributed by atoms with E-state index in [4.69, 9.17) is 5.11 Å². The highest BCUT2D eigenvalue weighted by atomic mass is 32.2. The Morgan fingerprint density at radius 3 is 2.50 bits per heavy atom. The molecule has 0 aliphatic carbocycles. The zero-order valence-corrected chi connectivity index (χ0v) is 14.2. The van der Waals surface area contributed by atoms with Crippen molar-refractivity contribution in [3.63, 3.8) is 0 Å². The molecule has 0 unspecified atom stereocenters. The maximum absolute atomic E-state index is 13.0. The van der Waals surface area contributed by atoms with Gasteiger partial charge < -0.3 is 5.11 Å². The van der Waals surface area contributed by atoms with Gasteiger partial charge in [0, 0.05) is 6.54 Å². The van der Waals surface area contributed by atoms with Crippen LogP contribution in [0.5, 0.6) is 0 Å². The summed E-state index contributed by atoms with van der Waals surface area (Å²) < 4.78 is 27.4. The third-order valence-electron chi connectivity index (χ3n) is 4.36. The molecule has 5 nitrogen and oxygen atoms in total. The van der Waals surface area contributed by atoms with E-state index in [-0.39, 0.29) is 23.8 Å². The number of hydrogen-bond acceptors (Lipinski definition) is 3. The molecule has 2 aromatic rings. The van der Waals surface area contributed by atoms with Crippen molar-refractivity contribution >= 4 is 21.7 Å². The number of carbonyl (C=O) groups is 1. The number of benzene rings is 2. The summed E-state index contributed by atoms with van der Waals surface area (Å²) in [5, 5.41) is 9.09. The maximum Gasteiger partial charge on any atom is 0.303 e. The largest absolute Gasteiger partial charge is 0.481 e. The van der Waals surface area contributed by atoms with Gasteiger partial charge in [-0.3, -0.25) is 9.10 Å². The molecular formula is C18H19NO4S. The molecule has 3 rings (SSSR count). The number of anilines is 1. The summed E-state index contributed by atoms with van der Waals surface area (Å²) in [6.45, 7) is 2.19. The number of fused-ring (bicyclic) bond motifs is 1. The second-order valence-corrected chi connectivity index (χ2v) is 7.89. The van der Waals surface area contributed by atoms with Gasteiger partial charge in [0.1, 0.15) is 0 Å². The number of aryl methyl sites for hydroxylation is 1. The van der Waals surface area contributed by atoms with Crippen LogP contribution in [-0.2, 0) is 14.8 Å². The van der Waals surface area contributed by atoms with Crippen molar-refractivity contribution in [2.45, 2.75) is 30.6 Å². The van der Waals surface area contributed by atoms with Gasteiger partial charge in [-0.1, -0.05) is 35.9 Å². The van der Waals surface area contributed by atoms with E-state index in [1.54, 1.807) is 36.4 Å². The van der Waals surface area contributed by atoms with E-state index in [0.29, 0.717) is 12.1 Å². The predicted molar refractivity (Wildman–Crippen MR) is 91.8 cm³/mol. The van der Waals surface area contributed by atoms with E-state index in [1.165, 1.54) is 4.31 Å². The second kappa shape index (κ2) is 6.28. The van der Waals surface area contributed by atoms with Crippen molar-refractivity contribution in [1.82, 2.24) is 0 Å². The van der Waals surface area contributed by atoms with Crippen LogP contribution in [0, 0.1) is 6.92 Å². The third-order valence-corrected chi connectivity index (χ3v) is 6.18. The minimum absolute atomic E-state index is 0.00936. The molecule has 1 aliphatic heterocycles. The average molecular weight is 345 g/mol. The minimum atomic E-state index is -3.66. The summed E-state index contributed by atoms with van der Waals surface area (Å²) in [5.74, 6) is -1.03. The van der Waals surface area contributed by atoms with E-state index < -0.39 is 16.0 Å². The van der Waals surface area contributed by atoms with Crippen LogP contribution >= 0.6 is 0 Å². The summed E-state index contributed by atoms with van der Waals surface area (Å²) >= 11 is 0. The lowest BCUT2D eigenvalue weighted by molar-refractivity contribution is -0.137. The summed E-state index contributed by atoms with van der Waals surface area (Å²) in [6.07, 6.45) is 0.504. The molecule has 0 spiro atoms. The lowest BCUT2D eigenvalue weighted by atomic mass is 9.88. The highest BCUT2D eigenvalue weighted by molar-refractivity contribution is 7.92. The Morgan fingerprint density at radius 1 is 1.17 bits per heavy atom. The number of carboxylic acid groups (broad SMARTS) is 1. The maximum atomic E-state index is 13.0. The van der Waals surface area contributed by atoms with Crippen molar-refractivity contribution < 1.29 is 18.3 Å². The molecule has 0 bridgehead atoms. The van der Waals surface area contributed by atoms with Crippen LogP contribution in [-0.4, -0.2) is 26.0 Å². The van der Waals surface area contributed by atoms with Crippen molar-refractivity contribution in [1.29, 1.82) is 0 Å². The SMILES string of the molecule is Cc1ccc(S(=O)(=O)N2CC[C@@H](CC(=O)O)c3ccccc32)cc1. The molecule has 1 heterocycles. The highest BCUT2D eigenvalue weighted by Crippen LogP contribution is 2.39. The lowest BCUT2D eigenvalue weighted by Gasteiger charge is -2.34. The van der Waals surface area contributed by atoms with Gasteiger partial charge in [0.2, 0.25) is 0 Å².